The van der Waals surface area contributed by atoms with E-state index in [1.54, 1.807) is 25.7 Å². The lowest BCUT2D eigenvalue weighted by molar-refractivity contribution is -0.0282. The van der Waals surface area contributed by atoms with Crippen molar-refractivity contribution in [3.05, 3.63) is 28.5 Å². The zero-order valence-electron chi connectivity index (χ0n) is 14.5. The molecule has 25 heavy (non-hydrogen) atoms. The molecule has 0 aliphatic carbocycles. The Bertz CT molecular complexity index is 627. The van der Waals surface area contributed by atoms with Gasteiger partial charge >= 0.3 is 12.0 Å². The zero-order chi connectivity index (χ0) is 18.8. The van der Waals surface area contributed by atoms with Crippen LogP contribution in [0.3, 0.4) is 0 Å². The van der Waals surface area contributed by atoms with E-state index in [0.717, 1.165) is 6.07 Å². The number of piperidine rings is 1. The Morgan fingerprint density at radius 3 is 2.44 bits per heavy atom. The second kappa shape index (κ2) is 7.40. The van der Waals surface area contributed by atoms with Crippen LogP contribution >= 0.6 is 11.6 Å². The van der Waals surface area contributed by atoms with E-state index in [0.29, 0.717) is 31.6 Å². The molecule has 1 fully saturated rings. The number of carbonyl (C=O) groups is 1. The van der Waals surface area contributed by atoms with E-state index in [1.165, 1.54) is 6.07 Å². The summed E-state index contributed by atoms with van der Waals surface area (Å²) < 4.78 is 45.1. The first-order valence-electron chi connectivity index (χ1n) is 8.11. The average Bonchev–Trinajstić information content (AvgIpc) is 2.53. The van der Waals surface area contributed by atoms with Crippen molar-refractivity contribution in [2.75, 3.05) is 19.8 Å². The summed E-state index contributed by atoms with van der Waals surface area (Å²) in [4.78, 5) is 17.8. The Morgan fingerprint density at radius 1 is 1.32 bits per heavy atom. The van der Waals surface area contributed by atoms with Gasteiger partial charge in [0.15, 0.2) is 6.67 Å². The summed E-state index contributed by atoms with van der Waals surface area (Å²) in [6.07, 6.45) is 0.704. The molecule has 1 saturated heterocycles. The highest BCUT2D eigenvalue weighted by Gasteiger charge is 2.34. The lowest BCUT2D eigenvalue weighted by Gasteiger charge is -2.33. The third-order valence-electron chi connectivity index (χ3n) is 3.97. The third kappa shape index (κ3) is 5.23. The van der Waals surface area contributed by atoms with Gasteiger partial charge in [-0.3, -0.25) is 0 Å². The first-order chi connectivity index (χ1) is 11.5. The second-order valence-corrected chi connectivity index (χ2v) is 7.57. The van der Waals surface area contributed by atoms with Gasteiger partial charge in [-0.1, -0.05) is 11.6 Å². The quantitative estimate of drug-likeness (QED) is 0.702. The zero-order valence-corrected chi connectivity index (χ0v) is 15.2. The maximum Gasteiger partial charge on any atom is 0.410 e. The highest BCUT2D eigenvalue weighted by atomic mass is 35.5. The van der Waals surface area contributed by atoms with Crippen LogP contribution in [-0.2, 0) is 10.7 Å². The van der Waals surface area contributed by atoms with Gasteiger partial charge in [-0.05, 0) is 45.7 Å². The smallest absolute Gasteiger partial charge is 0.410 e. The Kier molecular flexibility index (Phi) is 5.86. The number of hydrogen-bond donors (Lipinski definition) is 0. The second-order valence-electron chi connectivity index (χ2n) is 7.18. The van der Waals surface area contributed by atoms with Gasteiger partial charge in [0.2, 0.25) is 0 Å². The summed E-state index contributed by atoms with van der Waals surface area (Å²) in [6, 6.07) is 2.19. The van der Waals surface area contributed by atoms with Gasteiger partial charge in [-0.15, -0.1) is 0 Å². The number of halogens is 4. The molecule has 0 spiro atoms. The Hall–Kier alpha value is -1.50. The minimum atomic E-state index is -3.58. The monoisotopic (exact) mass is 378 g/mol. The van der Waals surface area contributed by atoms with Crippen molar-refractivity contribution in [1.82, 2.24) is 9.88 Å². The molecule has 1 aliphatic rings. The number of nitrogens with zero attached hydrogens (tertiary/aromatic N) is 2. The fraction of sp³-hybridized carbons (Fsp3) is 0.647. The third-order valence-corrected chi connectivity index (χ3v) is 4.16. The van der Waals surface area contributed by atoms with Crippen LogP contribution in [0.4, 0.5) is 18.0 Å². The van der Waals surface area contributed by atoms with Gasteiger partial charge in [-0.25, -0.2) is 14.2 Å². The van der Waals surface area contributed by atoms with Crippen molar-refractivity contribution >= 4 is 17.7 Å². The number of hydrogen-bond acceptors (Lipinski definition) is 3. The summed E-state index contributed by atoms with van der Waals surface area (Å²) in [5, 5.41) is -0.0878. The number of aromatic nitrogens is 1. The minimum Gasteiger partial charge on any atom is -0.444 e. The van der Waals surface area contributed by atoms with E-state index in [9.17, 15) is 18.0 Å². The molecule has 1 aromatic heterocycles. The largest absolute Gasteiger partial charge is 0.444 e. The van der Waals surface area contributed by atoms with Gasteiger partial charge in [0.25, 0.3) is 0 Å². The van der Waals surface area contributed by atoms with Crippen LogP contribution < -0.4 is 0 Å². The summed E-state index contributed by atoms with van der Waals surface area (Å²) in [7, 11) is 0. The number of rotatable bonds is 3. The number of ether oxygens (including phenoxy) is 1. The van der Waals surface area contributed by atoms with Gasteiger partial charge in [0, 0.05) is 30.3 Å². The lowest BCUT2D eigenvalue weighted by Crippen LogP contribution is -2.41. The molecule has 0 atom stereocenters. The predicted molar refractivity (Wildman–Crippen MR) is 88.9 cm³/mol. The van der Waals surface area contributed by atoms with Crippen LogP contribution in [0.25, 0.3) is 0 Å². The molecule has 1 amide bonds. The molecule has 0 aromatic carbocycles. The molecule has 1 aliphatic heterocycles. The maximum absolute atomic E-state index is 13.6. The topological polar surface area (TPSA) is 42.4 Å². The molecule has 0 unspecified atom stereocenters. The normalized spacial score (nSPS) is 16.8. The van der Waals surface area contributed by atoms with Gasteiger partial charge in [-0.2, -0.15) is 8.78 Å². The van der Waals surface area contributed by atoms with Crippen LogP contribution in [0, 0.1) is 0 Å². The average molecular weight is 379 g/mol. The van der Waals surface area contributed by atoms with E-state index >= 15 is 0 Å². The molecule has 140 valence electrons. The fourth-order valence-corrected chi connectivity index (χ4v) is 2.91. The summed E-state index contributed by atoms with van der Waals surface area (Å²) in [5.41, 5.74) is -0.644. The van der Waals surface area contributed by atoms with Crippen molar-refractivity contribution in [1.29, 1.82) is 0 Å². The molecule has 0 bridgehead atoms. The first kappa shape index (κ1) is 19.8. The van der Waals surface area contributed by atoms with Crippen LogP contribution in [0.15, 0.2) is 12.1 Å². The molecule has 0 saturated carbocycles. The summed E-state index contributed by atoms with van der Waals surface area (Å²) in [6.45, 7) is 4.45. The van der Waals surface area contributed by atoms with E-state index in [-0.39, 0.29) is 11.1 Å². The van der Waals surface area contributed by atoms with Crippen LogP contribution in [0.5, 0.6) is 0 Å². The minimum absolute atomic E-state index is 0.0878. The van der Waals surface area contributed by atoms with Crippen molar-refractivity contribution < 1.29 is 22.7 Å². The first-order valence-corrected chi connectivity index (χ1v) is 8.49. The van der Waals surface area contributed by atoms with E-state index in [4.69, 9.17) is 16.3 Å². The standard InChI is InChI=1S/C17H22ClF3N2O2/c1-16(2,3)25-15(24)23-6-4-11(5-7-23)13-8-12(9-14(18)22-13)17(20,21)10-19/h8-9,11H,4-7,10H2,1-3H3. The molecular formula is C17H22ClF3N2O2. The Balaban J connectivity index is 2.07. The number of likely N-dealkylation sites (tertiary alicyclic amines) is 1. The predicted octanol–water partition coefficient (Wildman–Crippen LogP) is 4.91. The number of alkyl halides is 3. The van der Waals surface area contributed by atoms with Crippen molar-refractivity contribution in [2.24, 2.45) is 0 Å². The molecule has 0 N–H and O–H groups in total. The highest BCUT2D eigenvalue weighted by molar-refractivity contribution is 6.29. The number of carbonyl (C=O) groups excluding carboxylic acids is 1. The van der Waals surface area contributed by atoms with E-state index < -0.39 is 29.9 Å². The molecule has 2 rings (SSSR count). The molecule has 4 nitrogen and oxygen atoms in total. The number of amides is 1. The Labute approximate surface area is 150 Å². The van der Waals surface area contributed by atoms with Crippen molar-refractivity contribution in [3.8, 4) is 0 Å². The molecule has 8 heteroatoms. The SMILES string of the molecule is CC(C)(C)OC(=O)N1CCC(c2cc(C(F)(F)CF)cc(Cl)n2)CC1. The van der Waals surface area contributed by atoms with Crippen molar-refractivity contribution in [2.45, 2.75) is 51.1 Å². The summed E-state index contributed by atoms with van der Waals surface area (Å²) >= 11 is 5.83. The summed E-state index contributed by atoms with van der Waals surface area (Å²) in [5.74, 6) is -3.70. The number of pyridine rings is 1. The van der Waals surface area contributed by atoms with E-state index in [2.05, 4.69) is 4.98 Å². The maximum atomic E-state index is 13.6. The Morgan fingerprint density at radius 2 is 1.92 bits per heavy atom. The van der Waals surface area contributed by atoms with Crippen LogP contribution in [-0.4, -0.2) is 41.3 Å². The van der Waals surface area contributed by atoms with Crippen molar-refractivity contribution in [3.63, 3.8) is 0 Å². The van der Waals surface area contributed by atoms with Crippen LogP contribution in [0.2, 0.25) is 5.15 Å². The lowest BCUT2D eigenvalue weighted by atomic mass is 9.92. The van der Waals surface area contributed by atoms with Gasteiger partial charge in [0.05, 0.1) is 0 Å². The van der Waals surface area contributed by atoms with Gasteiger partial charge < -0.3 is 9.64 Å². The molecule has 0 radical (unpaired) electrons. The van der Waals surface area contributed by atoms with E-state index in [1.807, 2.05) is 0 Å². The van der Waals surface area contributed by atoms with Gasteiger partial charge in [0.1, 0.15) is 10.8 Å². The van der Waals surface area contributed by atoms with Crippen LogP contribution in [0.1, 0.15) is 50.8 Å². The highest BCUT2D eigenvalue weighted by Crippen LogP contribution is 2.34. The molecular weight excluding hydrogens is 357 g/mol. The fourth-order valence-electron chi connectivity index (χ4n) is 2.70. The molecule has 1 aromatic rings. The molecule has 2 heterocycles.